The molecule has 0 radical (unpaired) electrons. The predicted octanol–water partition coefficient (Wildman–Crippen LogP) is 7.12. The summed E-state index contributed by atoms with van der Waals surface area (Å²) in [7, 11) is 0. The fraction of sp³-hybridized carbons (Fsp3) is 0.333. The molecule has 0 unspecified atom stereocenters. The van der Waals surface area contributed by atoms with E-state index in [-0.39, 0.29) is 11.8 Å². The van der Waals surface area contributed by atoms with Gasteiger partial charge in [0.25, 0.3) is 0 Å². The minimum atomic E-state index is 0.0846. The van der Waals surface area contributed by atoms with Crippen molar-refractivity contribution in [2.45, 2.75) is 53.6 Å². The molecule has 0 aliphatic rings. The summed E-state index contributed by atoms with van der Waals surface area (Å²) >= 11 is 3.27. The highest BCUT2D eigenvalue weighted by atomic mass is 32.1. The lowest BCUT2D eigenvalue weighted by Gasteiger charge is -2.18. The van der Waals surface area contributed by atoms with Gasteiger partial charge in [0, 0.05) is 39.3 Å². The highest BCUT2D eigenvalue weighted by molar-refractivity contribution is 7.15. The van der Waals surface area contributed by atoms with Crippen LogP contribution in [0.4, 0.5) is 0 Å². The lowest BCUT2D eigenvalue weighted by atomic mass is 10.0. The van der Waals surface area contributed by atoms with E-state index in [0.29, 0.717) is 13.1 Å². The average Bonchev–Trinajstić information content (AvgIpc) is 3.58. The molecule has 0 bridgehead atoms. The molecule has 0 saturated heterocycles. The Balaban J connectivity index is 1.42. The zero-order chi connectivity index (χ0) is 27.1. The van der Waals surface area contributed by atoms with Gasteiger partial charge in [0.05, 0.1) is 22.8 Å². The third-order valence-corrected chi connectivity index (χ3v) is 8.37. The van der Waals surface area contributed by atoms with Crippen molar-refractivity contribution < 1.29 is 9.59 Å². The summed E-state index contributed by atoms with van der Waals surface area (Å²) in [5.41, 5.74) is 4.55. The normalized spacial score (nSPS) is 10.9. The van der Waals surface area contributed by atoms with Crippen LogP contribution in [0.1, 0.15) is 50.6 Å². The van der Waals surface area contributed by atoms with Crippen molar-refractivity contribution in [2.24, 2.45) is 0 Å². The van der Waals surface area contributed by atoms with E-state index in [4.69, 9.17) is 0 Å². The Hall–Kier alpha value is -3.36. The number of amides is 2. The molecule has 4 rings (SSSR count). The summed E-state index contributed by atoms with van der Waals surface area (Å²) < 4.78 is 0. The minimum absolute atomic E-state index is 0.0846. The highest BCUT2D eigenvalue weighted by Gasteiger charge is 2.14. The van der Waals surface area contributed by atoms with Crippen molar-refractivity contribution in [2.75, 3.05) is 13.1 Å². The molecule has 38 heavy (non-hydrogen) atoms. The molecule has 0 atom stereocenters. The Labute approximate surface area is 233 Å². The van der Waals surface area contributed by atoms with Crippen LogP contribution in [-0.2, 0) is 22.7 Å². The number of benzene rings is 2. The van der Waals surface area contributed by atoms with Crippen LogP contribution in [0, 0.1) is 0 Å². The van der Waals surface area contributed by atoms with Crippen LogP contribution in [-0.4, -0.2) is 44.7 Å². The molecular formula is C30H34N4O2S2. The van der Waals surface area contributed by atoms with Crippen molar-refractivity contribution >= 4 is 34.5 Å². The number of hydrogen-bond donors (Lipinski definition) is 0. The van der Waals surface area contributed by atoms with E-state index in [2.05, 4.69) is 72.3 Å². The summed E-state index contributed by atoms with van der Waals surface area (Å²) in [6.07, 6.45) is 5.67. The van der Waals surface area contributed by atoms with Gasteiger partial charge in [-0.2, -0.15) is 0 Å². The van der Waals surface area contributed by atoms with E-state index in [9.17, 15) is 9.59 Å². The van der Waals surface area contributed by atoms with Gasteiger partial charge in [0.1, 0.15) is 10.0 Å². The van der Waals surface area contributed by atoms with Crippen molar-refractivity contribution in [3.05, 3.63) is 70.9 Å². The maximum absolute atomic E-state index is 11.9. The van der Waals surface area contributed by atoms with Crippen LogP contribution in [0.2, 0.25) is 0 Å². The molecule has 4 aromatic rings. The van der Waals surface area contributed by atoms with Gasteiger partial charge in [-0.3, -0.25) is 9.59 Å². The molecule has 0 aliphatic heterocycles. The first-order chi connectivity index (χ1) is 18.4. The van der Waals surface area contributed by atoms with Crippen molar-refractivity contribution in [3.8, 4) is 32.0 Å². The van der Waals surface area contributed by atoms with E-state index in [0.717, 1.165) is 68.0 Å². The second kappa shape index (κ2) is 12.9. The molecule has 0 spiro atoms. The second-order valence-electron chi connectivity index (χ2n) is 9.27. The maximum Gasteiger partial charge on any atom is 0.219 e. The van der Waals surface area contributed by atoms with Crippen LogP contribution >= 0.6 is 22.7 Å². The first kappa shape index (κ1) is 27.7. The lowest BCUT2D eigenvalue weighted by molar-refractivity contribution is -0.130. The number of carbonyl (C=O) groups is 2. The average molecular weight is 547 g/mol. The van der Waals surface area contributed by atoms with E-state index in [1.165, 1.54) is 0 Å². The summed E-state index contributed by atoms with van der Waals surface area (Å²) in [6, 6.07) is 17.1. The fourth-order valence-corrected chi connectivity index (χ4v) is 6.13. The Morgan fingerprint density at radius 1 is 0.632 bits per heavy atom. The SMILES string of the molecule is CCCN(Cc1ncc(-c2ccc(-c3ccc(-c4cnc(CN(CCC)C(C)=O)s4)cc3)cc2)s1)C(C)=O. The number of hydrogen-bond acceptors (Lipinski definition) is 6. The molecule has 2 aromatic carbocycles. The van der Waals surface area contributed by atoms with E-state index >= 15 is 0 Å². The number of thiazole rings is 2. The van der Waals surface area contributed by atoms with Gasteiger partial charge in [-0.25, -0.2) is 9.97 Å². The molecular weight excluding hydrogens is 512 g/mol. The minimum Gasteiger partial charge on any atom is -0.336 e. The van der Waals surface area contributed by atoms with Gasteiger partial charge < -0.3 is 9.80 Å². The van der Waals surface area contributed by atoms with Gasteiger partial charge in [-0.1, -0.05) is 62.4 Å². The van der Waals surface area contributed by atoms with Crippen molar-refractivity contribution in [1.82, 2.24) is 19.8 Å². The van der Waals surface area contributed by atoms with E-state index in [1.807, 2.05) is 22.2 Å². The van der Waals surface area contributed by atoms with E-state index < -0.39 is 0 Å². The summed E-state index contributed by atoms with van der Waals surface area (Å²) in [5.74, 6) is 0.169. The smallest absolute Gasteiger partial charge is 0.219 e. The van der Waals surface area contributed by atoms with Crippen LogP contribution < -0.4 is 0 Å². The Morgan fingerprint density at radius 3 is 1.29 bits per heavy atom. The monoisotopic (exact) mass is 546 g/mol. The zero-order valence-corrected chi connectivity index (χ0v) is 24.1. The van der Waals surface area contributed by atoms with Gasteiger partial charge in [0.2, 0.25) is 11.8 Å². The molecule has 0 fully saturated rings. The summed E-state index contributed by atoms with van der Waals surface area (Å²) in [6.45, 7) is 10.0. The van der Waals surface area contributed by atoms with Crippen LogP contribution in [0.3, 0.4) is 0 Å². The fourth-order valence-electron chi connectivity index (χ4n) is 4.25. The largest absolute Gasteiger partial charge is 0.336 e. The van der Waals surface area contributed by atoms with Gasteiger partial charge in [-0.05, 0) is 35.1 Å². The van der Waals surface area contributed by atoms with Gasteiger partial charge in [-0.15, -0.1) is 22.7 Å². The molecule has 8 heteroatoms. The highest BCUT2D eigenvalue weighted by Crippen LogP contribution is 2.32. The third kappa shape index (κ3) is 6.94. The van der Waals surface area contributed by atoms with Crippen LogP contribution in [0.25, 0.3) is 32.0 Å². The molecule has 0 saturated carbocycles. The van der Waals surface area contributed by atoms with Gasteiger partial charge >= 0.3 is 0 Å². The standard InChI is InChI=1S/C30H34N4O2S2/c1-5-15-33(21(3)35)19-29-31-17-27(37-29)25-11-7-23(8-12-25)24-9-13-26(14-10-24)28-18-32-30(38-28)20-34(16-6-2)22(4)36/h7-14,17-18H,5-6,15-16,19-20H2,1-4H3. The lowest BCUT2D eigenvalue weighted by Crippen LogP contribution is -2.28. The number of nitrogens with zero attached hydrogens (tertiary/aromatic N) is 4. The Bertz CT molecular complexity index is 1250. The topological polar surface area (TPSA) is 66.4 Å². The molecule has 0 aliphatic carbocycles. The number of aromatic nitrogens is 2. The van der Waals surface area contributed by atoms with Crippen LogP contribution in [0.15, 0.2) is 60.9 Å². The number of carbonyl (C=O) groups excluding carboxylic acids is 2. The second-order valence-corrected chi connectivity index (χ2v) is 11.5. The first-order valence-electron chi connectivity index (χ1n) is 13.0. The third-order valence-electron chi connectivity index (χ3n) is 6.31. The van der Waals surface area contributed by atoms with Crippen molar-refractivity contribution in [1.29, 1.82) is 0 Å². The number of rotatable bonds is 11. The van der Waals surface area contributed by atoms with Crippen LogP contribution in [0.5, 0.6) is 0 Å². The first-order valence-corrected chi connectivity index (χ1v) is 14.6. The predicted molar refractivity (Wildman–Crippen MR) is 157 cm³/mol. The molecule has 0 N–H and O–H groups in total. The molecule has 198 valence electrons. The zero-order valence-electron chi connectivity index (χ0n) is 22.4. The maximum atomic E-state index is 11.9. The Kier molecular flexibility index (Phi) is 9.42. The summed E-state index contributed by atoms with van der Waals surface area (Å²) in [5, 5.41) is 1.91. The summed E-state index contributed by atoms with van der Waals surface area (Å²) in [4.78, 5) is 38.7. The molecule has 2 heterocycles. The van der Waals surface area contributed by atoms with Gasteiger partial charge in [0.15, 0.2) is 0 Å². The Morgan fingerprint density at radius 2 is 0.974 bits per heavy atom. The van der Waals surface area contributed by atoms with E-state index in [1.54, 1.807) is 36.5 Å². The quantitative estimate of drug-likeness (QED) is 0.201. The molecule has 2 aromatic heterocycles. The molecule has 2 amide bonds. The molecule has 6 nitrogen and oxygen atoms in total. The van der Waals surface area contributed by atoms with Crippen molar-refractivity contribution in [3.63, 3.8) is 0 Å².